The van der Waals surface area contributed by atoms with E-state index >= 15 is 0 Å². The molecule has 100 valence electrons. The molecule has 3 N–H and O–H groups in total. The molecule has 1 rings (SSSR count). The fourth-order valence-electron chi connectivity index (χ4n) is 1.67. The summed E-state index contributed by atoms with van der Waals surface area (Å²) in [5.41, 5.74) is 6.94. The number of nitrogens with one attached hydrogen (secondary N) is 1. The van der Waals surface area contributed by atoms with E-state index in [1.54, 1.807) is 0 Å². The van der Waals surface area contributed by atoms with Gasteiger partial charge in [-0.2, -0.15) is 0 Å². The molecule has 0 saturated carbocycles. The van der Waals surface area contributed by atoms with Crippen LogP contribution in [0.3, 0.4) is 0 Å². The minimum Gasteiger partial charge on any atom is -0.352 e. The van der Waals surface area contributed by atoms with Crippen LogP contribution in [0.4, 0.5) is 0 Å². The smallest absolute Gasteiger partial charge is 0.237 e. The SMILES string of the molecule is CC(Cc1ccc(Cl)cc1)NC(=O)[C@H](N)C(C)C. The molecule has 1 aromatic rings. The minimum atomic E-state index is -0.447. The molecule has 0 bridgehead atoms. The number of halogens is 1. The molecule has 0 radical (unpaired) electrons. The minimum absolute atomic E-state index is 0.0588. The van der Waals surface area contributed by atoms with Gasteiger partial charge >= 0.3 is 0 Å². The van der Waals surface area contributed by atoms with Crippen LogP contribution >= 0.6 is 11.6 Å². The Balaban J connectivity index is 2.49. The largest absolute Gasteiger partial charge is 0.352 e. The molecule has 3 nitrogen and oxygen atoms in total. The second-order valence-electron chi connectivity index (χ2n) is 5.01. The van der Waals surface area contributed by atoms with Crippen molar-refractivity contribution in [2.24, 2.45) is 11.7 Å². The highest BCUT2D eigenvalue weighted by molar-refractivity contribution is 6.30. The van der Waals surface area contributed by atoms with E-state index in [0.717, 1.165) is 17.0 Å². The van der Waals surface area contributed by atoms with Gasteiger partial charge in [-0.05, 0) is 37.0 Å². The zero-order valence-electron chi connectivity index (χ0n) is 11.1. The van der Waals surface area contributed by atoms with Crippen molar-refractivity contribution in [3.63, 3.8) is 0 Å². The van der Waals surface area contributed by atoms with Crippen LogP contribution in [-0.4, -0.2) is 18.0 Å². The summed E-state index contributed by atoms with van der Waals surface area (Å²) >= 11 is 5.82. The van der Waals surface area contributed by atoms with Crippen LogP contribution in [0.25, 0.3) is 0 Å². The Kier molecular flexibility index (Phi) is 5.63. The molecule has 4 heteroatoms. The Morgan fingerprint density at radius 1 is 1.28 bits per heavy atom. The van der Waals surface area contributed by atoms with Gasteiger partial charge in [-0.3, -0.25) is 4.79 Å². The number of benzene rings is 1. The van der Waals surface area contributed by atoms with E-state index in [1.165, 1.54) is 0 Å². The fraction of sp³-hybridized carbons (Fsp3) is 0.500. The monoisotopic (exact) mass is 268 g/mol. The van der Waals surface area contributed by atoms with Crippen molar-refractivity contribution in [2.75, 3.05) is 0 Å². The summed E-state index contributed by atoms with van der Waals surface area (Å²) in [7, 11) is 0. The van der Waals surface area contributed by atoms with E-state index in [2.05, 4.69) is 5.32 Å². The van der Waals surface area contributed by atoms with E-state index in [9.17, 15) is 4.79 Å². The first-order valence-electron chi connectivity index (χ1n) is 6.20. The molecule has 0 saturated heterocycles. The molecule has 2 atom stereocenters. The van der Waals surface area contributed by atoms with Gasteiger partial charge in [-0.1, -0.05) is 37.6 Å². The normalized spacial score (nSPS) is 14.3. The van der Waals surface area contributed by atoms with E-state index in [4.69, 9.17) is 17.3 Å². The van der Waals surface area contributed by atoms with Crippen LogP contribution in [0.5, 0.6) is 0 Å². The topological polar surface area (TPSA) is 55.1 Å². The van der Waals surface area contributed by atoms with Crippen LogP contribution < -0.4 is 11.1 Å². The Labute approximate surface area is 114 Å². The molecule has 1 unspecified atom stereocenters. The number of hydrogen-bond donors (Lipinski definition) is 2. The summed E-state index contributed by atoms with van der Waals surface area (Å²) in [4.78, 5) is 11.8. The van der Waals surface area contributed by atoms with E-state index < -0.39 is 6.04 Å². The highest BCUT2D eigenvalue weighted by Crippen LogP contribution is 2.11. The summed E-state index contributed by atoms with van der Waals surface area (Å²) < 4.78 is 0. The highest BCUT2D eigenvalue weighted by atomic mass is 35.5. The van der Waals surface area contributed by atoms with Crippen molar-refractivity contribution in [3.05, 3.63) is 34.9 Å². The predicted molar refractivity (Wildman–Crippen MR) is 75.6 cm³/mol. The molecule has 0 spiro atoms. The zero-order valence-corrected chi connectivity index (χ0v) is 11.9. The molecule has 0 aliphatic rings. The number of carbonyl (C=O) groups excluding carboxylic acids is 1. The first kappa shape index (κ1) is 15.0. The standard InChI is InChI=1S/C14H21ClN2O/c1-9(2)13(16)14(18)17-10(3)8-11-4-6-12(15)7-5-11/h4-7,9-10,13H,8,16H2,1-3H3,(H,17,18)/t10?,13-/m1/s1. The molecular weight excluding hydrogens is 248 g/mol. The van der Waals surface area contributed by atoms with Gasteiger partial charge in [0.1, 0.15) is 0 Å². The van der Waals surface area contributed by atoms with Gasteiger partial charge in [0.25, 0.3) is 0 Å². The molecule has 0 heterocycles. The Bertz CT molecular complexity index is 389. The first-order valence-corrected chi connectivity index (χ1v) is 6.58. The van der Waals surface area contributed by atoms with Crippen molar-refractivity contribution in [1.29, 1.82) is 0 Å². The van der Waals surface area contributed by atoms with E-state index in [0.29, 0.717) is 0 Å². The molecule has 0 aliphatic carbocycles. The van der Waals surface area contributed by atoms with Gasteiger partial charge in [0.15, 0.2) is 0 Å². The van der Waals surface area contributed by atoms with Gasteiger partial charge in [-0.15, -0.1) is 0 Å². The number of rotatable bonds is 5. The molecule has 1 aromatic carbocycles. The van der Waals surface area contributed by atoms with Crippen LogP contribution in [0.1, 0.15) is 26.3 Å². The highest BCUT2D eigenvalue weighted by Gasteiger charge is 2.18. The number of nitrogens with two attached hydrogens (primary N) is 1. The second kappa shape index (κ2) is 6.76. The lowest BCUT2D eigenvalue weighted by Crippen LogP contribution is -2.47. The summed E-state index contributed by atoms with van der Waals surface area (Å²) in [6.45, 7) is 5.85. The van der Waals surface area contributed by atoms with Crippen molar-refractivity contribution < 1.29 is 4.79 Å². The maximum Gasteiger partial charge on any atom is 0.237 e. The quantitative estimate of drug-likeness (QED) is 0.861. The lowest BCUT2D eigenvalue weighted by atomic mass is 10.0. The summed E-state index contributed by atoms with van der Waals surface area (Å²) in [6.07, 6.45) is 0.772. The Hall–Kier alpha value is -1.06. The molecule has 18 heavy (non-hydrogen) atoms. The van der Waals surface area contributed by atoms with Crippen LogP contribution in [0.2, 0.25) is 5.02 Å². The average Bonchev–Trinajstić information content (AvgIpc) is 2.30. The number of carbonyl (C=O) groups is 1. The van der Waals surface area contributed by atoms with Crippen molar-refractivity contribution in [3.8, 4) is 0 Å². The van der Waals surface area contributed by atoms with E-state index in [-0.39, 0.29) is 17.9 Å². The zero-order chi connectivity index (χ0) is 13.7. The fourth-order valence-corrected chi connectivity index (χ4v) is 1.79. The maximum atomic E-state index is 11.8. The van der Waals surface area contributed by atoms with Gasteiger partial charge in [-0.25, -0.2) is 0 Å². The second-order valence-corrected chi connectivity index (χ2v) is 5.45. The first-order chi connectivity index (χ1) is 8.40. The number of amides is 1. The molecular formula is C14H21ClN2O. The molecule has 0 aliphatic heterocycles. The van der Waals surface area contributed by atoms with Crippen molar-refractivity contribution >= 4 is 17.5 Å². The van der Waals surface area contributed by atoms with Crippen LogP contribution in [0, 0.1) is 5.92 Å². The molecule has 1 amide bonds. The van der Waals surface area contributed by atoms with E-state index in [1.807, 2.05) is 45.0 Å². The van der Waals surface area contributed by atoms with Crippen molar-refractivity contribution in [2.45, 2.75) is 39.3 Å². The predicted octanol–water partition coefficient (Wildman–Crippen LogP) is 2.37. The van der Waals surface area contributed by atoms with Gasteiger partial charge in [0.05, 0.1) is 6.04 Å². The van der Waals surface area contributed by atoms with Gasteiger partial charge < -0.3 is 11.1 Å². The Morgan fingerprint density at radius 2 is 1.83 bits per heavy atom. The summed E-state index contributed by atoms with van der Waals surface area (Å²) in [5.74, 6) is 0.0548. The third-order valence-electron chi connectivity index (χ3n) is 2.86. The maximum absolute atomic E-state index is 11.8. The average molecular weight is 269 g/mol. The molecule has 0 fully saturated rings. The summed E-state index contributed by atoms with van der Waals surface area (Å²) in [6, 6.07) is 7.25. The third kappa shape index (κ3) is 4.67. The lowest BCUT2D eigenvalue weighted by molar-refractivity contribution is -0.123. The number of hydrogen-bond acceptors (Lipinski definition) is 2. The third-order valence-corrected chi connectivity index (χ3v) is 3.12. The van der Waals surface area contributed by atoms with Crippen LogP contribution in [-0.2, 0) is 11.2 Å². The molecule has 0 aromatic heterocycles. The summed E-state index contributed by atoms with van der Waals surface area (Å²) in [5, 5.41) is 3.65. The van der Waals surface area contributed by atoms with Gasteiger partial charge in [0.2, 0.25) is 5.91 Å². The van der Waals surface area contributed by atoms with Gasteiger partial charge in [0, 0.05) is 11.1 Å². The van der Waals surface area contributed by atoms with Crippen LogP contribution in [0.15, 0.2) is 24.3 Å². The van der Waals surface area contributed by atoms with Crippen molar-refractivity contribution in [1.82, 2.24) is 5.32 Å². The lowest BCUT2D eigenvalue weighted by Gasteiger charge is -2.19. The Morgan fingerprint density at radius 3 is 2.33 bits per heavy atom.